The van der Waals surface area contributed by atoms with Crippen molar-refractivity contribution in [3.05, 3.63) is 17.3 Å². The van der Waals surface area contributed by atoms with Gasteiger partial charge in [-0.1, -0.05) is 0 Å². The number of aryl methyl sites for hydroxylation is 2. The number of halogens is 2. The molecular formula is C9H12F2N2O3. The molecule has 5 nitrogen and oxygen atoms in total. The summed E-state index contributed by atoms with van der Waals surface area (Å²) in [4.78, 5) is 15.2. The molecule has 0 saturated carbocycles. The molecule has 0 aliphatic carbocycles. The van der Waals surface area contributed by atoms with Crippen LogP contribution in [0.15, 0.2) is 4.42 Å². The van der Waals surface area contributed by atoms with Crippen LogP contribution >= 0.6 is 0 Å². The minimum absolute atomic E-state index is 0.0914. The maximum Gasteiger partial charge on any atom is 0.289 e. The lowest BCUT2D eigenvalue weighted by molar-refractivity contribution is -0.0463. The van der Waals surface area contributed by atoms with Gasteiger partial charge < -0.3 is 14.8 Å². The second-order valence-corrected chi connectivity index (χ2v) is 3.34. The Morgan fingerprint density at radius 1 is 1.56 bits per heavy atom. The van der Waals surface area contributed by atoms with Crippen LogP contribution < -0.4 is 5.32 Å². The molecule has 2 N–H and O–H groups in total. The second kappa shape index (κ2) is 4.56. The molecule has 1 aromatic rings. The van der Waals surface area contributed by atoms with E-state index in [2.05, 4.69) is 4.98 Å². The van der Waals surface area contributed by atoms with Gasteiger partial charge >= 0.3 is 0 Å². The first-order valence-electron chi connectivity index (χ1n) is 4.56. The number of aliphatic hydroxyl groups is 1. The zero-order valence-corrected chi connectivity index (χ0v) is 8.88. The van der Waals surface area contributed by atoms with Gasteiger partial charge in [0.05, 0.1) is 12.2 Å². The Bertz CT molecular complexity index is 390. The summed E-state index contributed by atoms with van der Waals surface area (Å²) in [6.45, 7) is 0.824. The number of nitrogens with zero attached hydrogens (tertiary/aromatic N) is 1. The normalized spacial score (nSPS) is 11.6. The van der Waals surface area contributed by atoms with E-state index in [1.54, 1.807) is 6.92 Å². The van der Waals surface area contributed by atoms with Crippen molar-refractivity contribution in [1.82, 2.24) is 10.3 Å². The standard InChI is InChI=1S/C9H12F2N2O3/c1-5-7(16-6(2)13-5)8(15)12-3-9(10,11)4-14/h14H,3-4H2,1-2H3,(H,12,15). The number of aliphatic hydroxyl groups excluding tert-OH is 1. The van der Waals surface area contributed by atoms with Crippen molar-refractivity contribution >= 4 is 5.91 Å². The molecule has 0 bridgehead atoms. The fourth-order valence-electron chi connectivity index (χ4n) is 1.09. The number of aromatic nitrogens is 1. The zero-order chi connectivity index (χ0) is 12.3. The van der Waals surface area contributed by atoms with E-state index in [4.69, 9.17) is 9.52 Å². The highest BCUT2D eigenvalue weighted by Gasteiger charge is 2.29. The Labute approximate surface area is 90.5 Å². The summed E-state index contributed by atoms with van der Waals surface area (Å²) < 4.78 is 30.2. The third kappa shape index (κ3) is 2.99. The molecule has 90 valence electrons. The van der Waals surface area contributed by atoms with E-state index in [0.717, 1.165) is 0 Å². The van der Waals surface area contributed by atoms with E-state index >= 15 is 0 Å². The van der Waals surface area contributed by atoms with Gasteiger partial charge in [0.25, 0.3) is 11.8 Å². The summed E-state index contributed by atoms with van der Waals surface area (Å²) in [5.41, 5.74) is 0.335. The highest BCUT2D eigenvalue weighted by Crippen LogP contribution is 2.12. The number of hydrogen-bond acceptors (Lipinski definition) is 4. The van der Waals surface area contributed by atoms with Crippen molar-refractivity contribution in [1.29, 1.82) is 0 Å². The van der Waals surface area contributed by atoms with Crippen molar-refractivity contribution < 1.29 is 23.1 Å². The van der Waals surface area contributed by atoms with Crippen LogP contribution in [0.5, 0.6) is 0 Å². The molecule has 0 saturated heterocycles. The van der Waals surface area contributed by atoms with Crippen molar-refractivity contribution in [2.75, 3.05) is 13.2 Å². The van der Waals surface area contributed by atoms with Crippen LogP contribution in [-0.4, -0.2) is 35.1 Å². The summed E-state index contributed by atoms with van der Waals surface area (Å²) >= 11 is 0. The lowest BCUT2D eigenvalue weighted by Crippen LogP contribution is -2.39. The summed E-state index contributed by atoms with van der Waals surface area (Å²) in [5.74, 6) is -3.91. The Balaban J connectivity index is 2.63. The van der Waals surface area contributed by atoms with Crippen LogP contribution in [-0.2, 0) is 0 Å². The molecule has 0 aliphatic heterocycles. The van der Waals surface area contributed by atoms with Crippen molar-refractivity contribution in [3.63, 3.8) is 0 Å². The number of carbonyl (C=O) groups is 1. The number of amides is 1. The fourth-order valence-corrected chi connectivity index (χ4v) is 1.09. The Hall–Kier alpha value is -1.50. The smallest absolute Gasteiger partial charge is 0.289 e. The van der Waals surface area contributed by atoms with Gasteiger partial charge in [-0.2, -0.15) is 0 Å². The number of hydrogen-bond donors (Lipinski definition) is 2. The summed E-state index contributed by atoms with van der Waals surface area (Å²) in [7, 11) is 0. The molecule has 7 heteroatoms. The van der Waals surface area contributed by atoms with Gasteiger partial charge in [0, 0.05) is 6.92 Å². The molecule has 0 fully saturated rings. The second-order valence-electron chi connectivity index (χ2n) is 3.34. The minimum Gasteiger partial charge on any atom is -0.436 e. The summed E-state index contributed by atoms with van der Waals surface area (Å²) in [5, 5.41) is 10.3. The molecule has 0 radical (unpaired) electrons. The van der Waals surface area contributed by atoms with Crippen LogP contribution in [0.1, 0.15) is 22.1 Å². The molecule has 1 heterocycles. The van der Waals surface area contributed by atoms with E-state index < -0.39 is 25.0 Å². The van der Waals surface area contributed by atoms with Gasteiger partial charge in [0.15, 0.2) is 5.89 Å². The van der Waals surface area contributed by atoms with Gasteiger partial charge in [-0.3, -0.25) is 4.79 Å². The van der Waals surface area contributed by atoms with E-state index in [-0.39, 0.29) is 11.7 Å². The molecular weight excluding hydrogens is 222 g/mol. The van der Waals surface area contributed by atoms with Gasteiger partial charge in [-0.05, 0) is 6.92 Å². The molecule has 16 heavy (non-hydrogen) atoms. The van der Waals surface area contributed by atoms with Crippen LogP contribution in [0.2, 0.25) is 0 Å². The third-order valence-electron chi connectivity index (χ3n) is 1.85. The molecule has 0 aliphatic rings. The molecule has 0 unspecified atom stereocenters. The van der Waals surface area contributed by atoms with E-state index in [1.807, 2.05) is 5.32 Å². The first-order valence-corrected chi connectivity index (χ1v) is 4.56. The first-order chi connectivity index (χ1) is 7.35. The topological polar surface area (TPSA) is 75.4 Å². The average molecular weight is 234 g/mol. The maximum atomic E-state index is 12.6. The zero-order valence-electron chi connectivity index (χ0n) is 8.88. The number of alkyl halides is 2. The molecule has 0 aromatic carbocycles. The van der Waals surface area contributed by atoms with Crippen LogP contribution in [0, 0.1) is 13.8 Å². The summed E-state index contributed by atoms with van der Waals surface area (Å²) in [6, 6.07) is 0. The first kappa shape index (κ1) is 12.6. The van der Waals surface area contributed by atoms with Crippen LogP contribution in [0.25, 0.3) is 0 Å². The maximum absolute atomic E-state index is 12.6. The molecule has 0 spiro atoms. The Morgan fingerprint density at radius 3 is 2.62 bits per heavy atom. The lowest BCUT2D eigenvalue weighted by Gasteiger charge is -2.13. The number of rotatable bonds is 4. The largest absolute Gasteiger partial charge is 0.436 e. The Morgan fingerprint density at radius 2 is 2.19 bits per heavy atom. The molecule has 1 rings (SSSR count). The minimum atomic E-state index is -3.33. The lowest BCUT2D eigenvalue weighted by atomic mass is 10.3. The number of carbonyl (C=O) groups excluding carboxylic acids is 1. The van der Waals surface area contributed by atoms with Gasteiger partial charge in [0.2, 0.25) is 5.76 Å². The van der Waals surface area contributed by atoms with Crippen LogP contribution in [0.3, 0.4) is 0 Å². The highest BCUT2D eigenvalue weighted by atomic mass is 19.3. The van der Waals surface area contributed by atoms with E-state index in [9.17, 15) is 13.6 Å². The molecule has 0 atom stereocenters. The predicted octanol–water partition coefficient (Wildman–Crippen LogP) is 0.649. The van der Waals surface area contributed by atoms with E-state index in [1.165, 1.54) is 6.92 Å². The highest BCUT2D eigenvalue weighted by molar-refractivity contribution is 5.92. The van der Waals surface area contributed by atoms with Crippen LogP contribution in [0.4, 0.5) is 8.78 Å². The van der Waals surface area contributed by atoms with Gasteiger partial charge in [0.1, 0.15) is 6.61 Å². The van der Waals surface area contributed by atoms with Gasteiger partial charge in [-0.15, -0.1) is 0 Å². The van der Waals surface area contributed by atoms with Crippen molar-refractivity contribution in [2.24, 2.45) is 0 Å². The summed E-state index contributed by atoms with van der Waals surface area (Å²) in [6.07, 6.45) is 0. The third-order valence-corrected chi connectivity index (χ3v) is 1.85. The molecule has 1 amide bonds. The quantitative estimate of drug-likeness (QED) is 0.802. The monoisotopic (exact) mass is 234 g/mol. The average Bonchev–Trinajstić information content (AvgIpc) is 2.54. The fraction of sp³-hybridized carbons (Fsp3) is 0.556. The van der Waals surface area contributed by atoms with E-state index in [0.29, 0.717) is 5.69 Å². The number of nitrogens with one attached hydrogen (secondary N) is 1. The number of oxazole rings is 1. The van der Waals surface area contributed by atoms with Crippen molar-refractivity contribution in [2.45, 2.75) is 19.8 Å². The predicted molar refractivity (Wildman–Crippen MR) is 50.3 cm³/mol. The SMILES string of the molecule is Cc1nc(C)c(C(=O)NCC(F)(F)CO)o1. The van der Waals surface area contributed by atoms with Crippen molar-refractivity contribution in [3.8, 4) is 0 Å². The van der Waals surface area contributed by atoms with Gasteiger partial charge in [-0.25, -0.2) is 13.8 Å². The Kier molecular flexibility index (Phi) is 3.58. The molecule has 1 aromatic heterocycles.